The quantitative estimate of drug-likeness (QED) is 0.522. The normalized spacial score (nSPS) is 17.4. The van der Waals surface area contributed by atoms with Crippen molar-refractivity contribution in [2.24, 2.45) is 0 Å². The topological polar surface area (TPSA) is 74.0 Å². The number of aryl methyl sites for hydroxylation is 1. The molecule has 5 rings (SSSR count). The second kappa shape index (κ2) is 6.63. The molecule has 1 aliphatic heterocycles. The van der Waals surface area contributed by atoms with Crippen molar-refractivity contribution in [3.63, 3.8) is 0 Å². The third-order valence-electron chi connectivity index (χ3n) is 6.43. The lowest BCUT2D eigenvalue weighted by Crippen LogP contribution is -2.36. The Balaban J connectivity index is 1.47. The summed E-state index contributed by atoms with van der Waals surface area (Å²) in [6, 6.07) is 11.3. The number of amides is 2. The highest BCUT2D eigenvalue weighted by Gasteiger charge is 2.47. The van der Waals surface area contributed by atoms with E-state index in [1.165, 1.54) is 6.42 Å². The minimum Gasteiger partial charge on any atom is -0.350 e. The van der Waals surface area contributed by atoms with E-state index in [-0.39, 0.29) is 11.8 Å². The molecule has 148 valence electrons. The highest BCUT2D eigenvalue weighted by Crippen LogP contribution is 2.48. The molecular formula is C23H22ClN3O2. The number of nitrogens with one attached hydrogen (secondary N) is 3. The van der Waals surface area contributed by atoms with Gasteiger partial charge in [0.25, 0.3) is 5.91 Å². The molecule has 2 aliphatic rings. The standard InChI is InChI=1S/C23H22ClN3O2/c1-13-16-7-5-14(24)11-19(16)26-20(13)21(28)25-15-6-8-18-17(12-15)23(22(29)27-18)9-3-2-4-10-23/h5-8,11-12,26H,2-4,9-10H2,1H3,(H,25,28)(H,27,29). The number of fused-ring (bicyclic) bond motifs is 3. The van der Waals surface area contributed by atoms with E-state index in [0.717, 1.165) is 53.4 Å². The second-order valence-corrected chi connectivity index (χ2v) is 8.56. The first-order valence-electron chi connectivity index (χ1n) is 10.0. The summed E-state index contributed by atoms with van der Waals surface area (Å²) in [6.07, 6.45) is 5.02. The zero-order valence-electron chi connectivity index (χ0n) is 16.2. The number of benzene rings is 2. The number of halogens is 1. The smallest absolute Gasteiger partial charge is 0.272 e. The molecule has 1 saturated carbocycles. The lowest BCUT2D eigenvalue weighted by atomic mass is 9.70. The molecule has 5 nitrogen and oxygen atoms in total. The van der Waals surface area contributed by atoms with Gasteiger partial charge in [-0.25, -0.2) is 0 Å². The molecular weight excluding hydrogens is 386 g/mol. The van der Waals surface area contributed by atoms with Gasteiger partial charge in [-0.2, -0.15) is 0 Å². The number of anilines is 2. The number of hydrogen-bond acceptors (Lipinski definition) is 2. The molecule has 0 atom stereocenters. The van der Waals surface area contributed by atoms with Crippen LogP contribution in [0.25, 0.3) is 10.9 Å². The van der Waals surface area contributed by atoms with E-state index < -0.39 is 5.41 Å². The molecule has 0 saturated heterocycles. The minimum atomic E-state index is -0.442. The first kappa shape index (κ1) is 18.3. The predicted molar refractivity (Wildman–Crippen MR) is 116 cm³/mol. The monoisotopic (exact) mass is 407 g/mol. The summed E-state index contributed by atoms with van der Waals surface area (Å²) in [7, 11) is 0. The van der Waals surface area contributed by atoms with Crippen LogP contribution in [0.4, 0.5) is 11.4 Å². The van der Waals surface area contributed by atoms with Crippen LogP contribution in [0, 0.1) is 6.92 Å². The zero-order chi connectivity index (χ0) is 20.2. The van der Waals surface area contributed by atoms with Crippen molar-refractivity contribution in [2.75, 3.05) is 10.6 Å². The van der Waals surface area contributed by atoms with Gasteiger partial charge in [-0.05, 0) is 61.2 Å². The third kappa shape index (κ3) is 2.84. The summed E-state index contributed by atoms with van der Waals surface area (Å²) >= 11 is 6.07. The van der Waals surface area contributed by atoms with Crippen LogP contribution >= 0.6 is 11.6 Å². The molecule has 0 unspecified atom stereocenters. The van der Waals surface area contributed by atoms with E-state index >= 15 is 0 Å². The fraction of sp³-hybridized carbons (Fsp3) is 0.304. The number of carbonyl (C=O) groups excluding carboxylic acids is 2. The summed E-state index contributed by atoms with van der Waals surface area (Å²) in [4.78, 5) is 28.9. The molecule has 1 spiro atoms. The molecule has 2 heterocycles. The Bertz CT molecular complexity index is 1160. The van der Waals surface area contributed by atoms with Crippen LogP contribution in [0.2, 0.25) is 5.02 Å². The second-order valence-electron chi connectivity index (χ2n) is 8.13. The highest BCUT2D eigenvalue weighted by molar-refractivity contribution is 6.31. The number of hydrogen-bond donors (Lipinski definition) is 3. The van der Waals surface area contributed by atoms with Crippen molar-refractivity contribution in [3.8, 4) is 0 Å². The van der Waals surface area contributed by atoms with Crippen LogP contribution in [0.5, 0.6) is 0 Å². The van der Waals surface area contributed by atoms with Crippen LogP contribution in [0.1, 0.15) is 53.7 Å². The molecule has 1 aromatic heterocycles. The summed E-state index contributed by atoms with van der Waals surface area (Å²) in [5.74, 6) is -0.108. The van der Waals surface area contributed by atoms with E-state index in [0.29, 0.717) is 16.4 Å². The van der Waals surface area contributed by atoms with Crippen molar-refractivity contribution in [2.45, 2.75) is 44.4 Å². The fourth-order valence-electron chi connectivity index (χ4n) is 4.87. The molecule has 2 aromatic carbocycles. The Morgan fingerprint density at radius 1 is 1.10 bits per heavy atom. The molecule has 6 heteroatoms. The number of carbonyl (C=O) groups is 2. The van der Waals surface area contributed by atoms with Gasteiger partial charge in [-0.3, -0.25) is 9.59 Å². The molecule has 3 aromatic rings. The Morgan fingerprint density at radius 3 is 2.69 bits per heavy atom. The van der Waals surface area contributed by atoms with Crippen molar-refractivity contribution in [3.05, 3.63) is 58.2 Å². The number of H-pyrrole nitrogens is 1. The largest absolute Gasteiger partial charge is 0.350 e. The number of aromatic nitrogens is 1. The SMILES string of the molecule is Cc1c(C(=O)Nc2ccc3c(c2)C2(CCCCC2)C(=O)N3)[nH]c2cc(Cl)ccc12. The lowest BCUT2D eigenvalue weighted by Gasteiger charge is -2.31. The van der Waals surface area contributed by atoms with Gasteiger partial charge in [-0.1, -0.05) is 36.9 Å². The molecule has 2 amide bonds. The van der Waals surface area contributed by atoms with Gasteiger partial charge >= 0.3 is 0 Å². The van der Waals surface area contributed by atoms with Crippen LogP contribution in [0.3, 0.4) is 0 Å². The van der Waals surface area contributed by atoms with E-state index in [2.05, 4.69) is 15.6 Å². The summed E-state index contributed by atoms with van der Waals surface area (Å²) in [6.45, 7) is 1.92. The van der Waals surface area contributed by atoms with Crippen LogP contribution in [0.15, 0.2) is 36.4 Å². The average Bonchev–Trinajstić information content (AvgIpc) is 3.17. The first-order valence-corrected chi connectivity index (χ1v) is 10.4. The van der Waals surface area contributed by atoms with E-state index in [1.54, 1.807) is 0 Å². The maximum absolute atomic E-state index is 13.0. The summed E-state index contributed by atoms with van der Waals surface area (Å²) < 4.78 is 0. The van der Waals surface area contributed by atoms with Crippen LogP contribution in [-0.4, -0.2) is 16.8 Å². The summed E-state index contributed by atoms with van der Waals surface area (Å²) in [5.41, 5.74) is 4.38. The van der Waals surface area contributed by atoms with Gasteiger partial charge in [0.15, 0.2) is 0 Å². The molecule has 0 bridgehead atoms. The van der Waals surface area contributed by atoms with E-state index in [1.807, 2.05) is 43.3 Å². The highest BCUT2D eigenvalue weighted by atomic mass is 35.5. The maximum atomic E-state index is 13.0. The Hall–Kier alpha value is -2.79. The maximum Gasteiger partial charge on any atom is 0.272 e. The first-order chi connectivity index (χ1) is 14.0. The fourth-order valence-corrected chi connectivity index (χ4v) is 5.05. The van der Waals surface area contributed by atoms with Gasteiger partial charge in [-0.15, -0.1) is 0 Å². The van der Waals surface area contributed by atoms with Gasteiger partial charge in [0, 0.05) is 27.3 Å². The number of aromatic amines is 1. The molecule has 29 heavy (non-hydrogen) atoms. The van der Waals surface area contributed by atoms with Gasteiger partial charge in [0.05, 0.1) is 5.41 Å². The predicted octanol–water partition coefficient (Wildman–Crippen LogP) is 5.54. The summed E-state index contributed by atoms with van der Waals surface area (Å²) in [5, 5.41) is 7.63. The van der Waals surface area contributed by atoms with Gasteiger partial charge < -0.3 is 15.6 Å². The zero-order valence-corrected chi connectivity index (χ0v) is 17.0. The molecule has 1 fully saturated rings. The molecule has 0 radical (unpaired) electrons. The molecule has 3 N–H and O–H groups in total. The van der Waals surface area contributed by atoms with E-state index in [9.17, 15) is 9.59 Å². The van der Waals surface area contributed by atoms with Crippen molar-refractivity contribution >= 4 is 45.7 Å². The lowest BCUT2D eigenvalue weighted by molar-refractivity contribution is -0.121. The van der Waals surface area contributed by atoms with Crippen LogP contribution in [-0.2, 0) is 10.2 Å². The Kier molecular flexibility index (Phi) is 4.17. The van der Waals surface area contributed by atoms with Crippen molar-refractivity contribution in [1.82, 2.24) is 4.98 Å². The number of rotatable bonds is 2. The molecule has 1 aliphatic carbocycles. The van der Waals surface area contributed by atoms with Crippen molar-refractivity contribution < 1.29 is 9.59 Å². The van der Waals surface area contributed by atoms with Gasteiger partial charge in [0.1, 0.15) is 5.69 Å². The minimum absolute atomic E-state index is 0.0963. The third-order valence-corrected chi connectivity index (χ3v) is 6.67. The van der Waals surface area contributed by atoms with Gasteiger partial charge in [0.2, 0.25) is 5.91 Å². The van der Waals surface area contributed by atoms with E-state index in [4.69, 9.17) is 11.6 Å². The van der Waals surface area contributed by atoms with Crippen molar-refractivity contribution in [1.29, 1.82) is 0 Å². The Morgan fingerprint density at radius 2 is 1.90 bits per heavy atom. The van der Waals surface area contributed by atoms with Crippen LogP contribution < -0.4 is 10.6 Å². The Labute approximate surface area is 173 Å². The average molecular weight is 408 g/mol.